The van der Waals surface area contributed by atoms with Crippen LogP contribution in [0.4, 0.5) is 0 Å². The minimum Gasteiger partial charge on any atom is -0.354 e. The third-order valence-electron chi connectivity index (χ3n) is 1.38. The van der Waals surface area contributed by atoms with Crippen LogP contribution in [0.1, 0.15) is 13.3 Å². The zero-order chi connectivity index (χ0) is 6.69. The summed E-state index contributed by atoms with van der Waals surface area (Å²) in [5.41, 5.74) is 0. The van der Waals surface area contributed by atoms with Gasteiger partial charge in [-0.2, -0.15) is 0 Å². The first-order chi connectivity index (χ1) is 4.34. The summed E-state index contributed by atoms with van der Waals surface area (Å²) in [5, 5.41) is 3.04. The van der Waals surface area contributed by atoms with Gasteiger partial charge in [-0.3, -0.25) is 4.79 Å². The predicted molar refractivity (Wildman–Crippen MR) is 39.5 cm³/mol. The van der Waals surface area contributed by atoms with Crippen LogP contribution in [0.15, 0.2) is 0 Å². The van der Waals surface area contributed by atoms with Crippen LogP contribution in [-0.4, -0.2) is 23.5 Å². The second kappa shape index (κ2) is 3.11. The van der Waals surface area contributed by atoms with E-state index in [1.54, 1.807) is 11.8 Å². The van der Waals surface area contributed by atoms with Crippen molar-refractivity contribution in [1.82, 2.24) is 5.32 Å². The van der Waals surface area contributed by atoms with Gasteiger partial charge in [-0.05, 0) is 6.42 Å². The first kappa shape index (κ1) is 6.93. The molecule has 3 heteroatoms. The number of amides is 1. The lowest BCUT2D eigenvalue weighted by molar-refractivity contribution is -0.120. The van der Waals surface area contributed by atoms with E-state index in [1.165, 1.54) is 0 Å². The Labute approximate surface area is 59.4 Å². The number of carbonyl (C=O) groups is 1. The smallest absolute Gasteiger partial charge is 0.233 e. The van der Waals surface area contributed by atoms with E-state index < -0.39 is 0 Å². The Morgan fingerprint density at radius 2 is 2.67 bits per heavy atom. The van der Waals surface area contributed by atoms with Crippen molar-refractivity contribution in [1.29, 1.82) is 0 Å². The number of hydrogen-bond donors (Lipinski definition) is 1. The Hall–Kier alpha value is -0.180. The highest BCUT2D eigenvalue weighted by atomic mass is 32.2. The molecule has 1 amide bonds. The molecule has 1 aliphatic heterocycles. The quantitative estimate of drug-likeness (QED) is 0.586. The lowest BCUT2D eigenvalue weighted by atomic mass is 10.3. The summed E-state index contributed by atoms with van der Waals surface area (Å²) in [6.07, 6.45) is 0.955. The second-order valence-electron chi connectivity index (χ2n) is 2.06. The molecule has 0 saturated carbocycles. The van der Waals surface area contributed by atoms with Crippen LogP contribution in [0, 0.1) is 0 Å². The Balaban J connectivity index is 2.39. The van der Waals surface area contributed by atoms with Crippen molar-refractivity contribution in [2.75, 3.05) is 12.3 Å². The Morgan fingerprint density at radius 1 is 1.89 bits per heavy atom. The molecular formula is C6H11NOS. The summed E-state index contributed by atoms with van der Waals surface area (Å²) in [7, 11) is 0. The molecule has 2 nitrogen and oxygen atoms in total. The van der Waals surface area contributed by atoms with Crippen LogP contribution in [0.5, 0.6) is 0 Å². The van der Waals surface area contributed by atoms with Gasteiger partial charge in [0.15, 0.2) is 0 Å². The molecule has 1 rings (SSSR count). The summed E-state index contributed by atoms with van der Waals surface area (Å²) >= 11 is 1.76. The fourth-order valence-electron chi connectivity index (χ4n) is 0.868. The highest BCUT2D eigenvalue weighted by Gasteiger charge is 2.19. The van der Waals surface area contributed by atoms with Crippen LogP contribution >= 0.6 is 11.8 Å². The number of carbonyl (C=O) groups excluding carboxylic acids is 1. The van der Waals surface area contributed by atoms with E-state index >= 15 is 0 Å². The Bertz CT molecular complexity index is 116. The molecule has 0 aromatic carbocycles. The fraction of sp³-hybridized carbons (Fsp3) is 0.833. The van der Waals surface area contributed by atoms with Gasteiger partial charge >= 0.3 is 0 Å². The molecule has 0 aromatic heterocycles. The molecule has 0 radical (unpaired) electrons. The molecule has 1 atom stereocenters. The maximum atomic E-state index is 10.9. The van der Waals surface area contributed by atoms with Crippen molar-refractivity contribution in [3.05, 3.63) is 0 Å². The van der Waals surface area contributed by atoms with Gasteiger partial charge in [0, 0.05) is 12.3 Å². The lowest BCUT2D eigenvalue weighted by Gasteiger charge is -2.19. The topological polar surface area (TPSA) is 29.1 Å². The molecule has 0 aliphatic carbocycles. The van der Waals surface area contributed by atoms with Crippen molar-refractivity contribution in [3.63, 3.8) is 0 Å². The SMILES string of the molecule is CCC1SCCNC1=O. The maximum Gasteiger partial charge on any atom is 0.233 e. The van der Waals surface area contributed by atoms with E-state index in [4.69, 9.17) is 0 Å². The van der Waals surface area contributed by atoms with Crippen molar-refractivity contribution in [2.24, 2.45) is 0 Å². The normalized spacial score (nSPS) is 27.7. The van der Waals surface area contributed by atoms with Crippen LogP contribution in [-0.2, 0) is 4.79 Å². The molecule has 1 saturated heterocycles. The number of rotatable bonds is 1. The first-order valence-corrected chi connectivity index (χ1v) is 4.28. The van der Waals surface area contributed by atoms with E-state index in [9.17, 15) is 4.79 Å². The van der Waals surface area contributed by atoms with Gasteiger partial charge < -0.3 is 5.32 Å². The van der Waals surface area contributed by atoms with Crippen LogP contribution in [0.3, 0.4) is 0 Å². The lowest BCUT2D eigenvalue weighted by Crippen LogP contribution is -2.38. The fourth-order valence-corrected chi connectivity index (χ4v) is 1.84. The number of thioether (sulfide) groups is 1. The predicted octanol–water partition coefficient (Wildman–Crippen LogP) is 0.628. The van der Waals surface area contributed by atoms with Gasteiger partial charge in [-0.1, -0.05) is 6.92 Å². The zero-order valence-corrected chi connectivity index (χ0v) is 6.33. The van der Waals surface area contributed by atoms with Crippen molar-refractivity contribution in [3.8, 4) is 0 Å². The zero-order valence-electron chi connectivity index (χ0n) is 5.52. The van der Waals surface area contributed by atoms with E-state index in [0.717, 1.165) is 18.7 Å². The molecule has 9 heavy (non-hydrogen) atoms. The van der Waals surface area contributed by atoms with Crippen LogP contribution < -0.4 is 5.32 Å². The Kier molecular flexibility index (Phi) is 2.39. The van der Waals surface area contributed by atoms with Gasteiger partial charge in [-0.25, -0.2) is 0 Å². The summed E-state index contributed by atoms with van der Waals surface area (Å²) in [6.45, 7) is 2.89. The second-order valence-corrected chi connectivity index (χ2v) is 3.37. The van der Waals surface area contributed by atoms with Gasteiger partial charge in [0.1, 0.15) is 0 Å². The summed E-state index contributed by atoms with van der Waals surface area (Å²) in [6, 6.07) is 0. The molecule has 1 unspecified atom stereocenters. The molecule has 1 heterocycles. The molecule has 0 spiro atoms. The monoisotopic (exact) mass is 145 g/mol. The van der Waals surface area contributed by atoms with Gasteiger partial charge in [-0.15, -0.1) is 11.8 Å². The first-order valence-electron chi connectivity index (χ1n) is 3.24. The summed E-state index contributed by atoms with van der Waals surface area (Å²) in [5.74, 6) is 1.29. The molecule has 1 aliphatic rings. The number of nitrogens with one attached hydrogen (secondary N) is 1. The van der Waals surface area contributed by atoms with Gasteiger partial charge in [0.2, 0.25) is 5.91 Å². The summed E-state index contributed by atoms with van der Waals surface area (Å²) < 4.78 is 0. The highest BCUT2D eigenvalue weighted by molar-refractivity contribution is 8.00. The van der Waals surface area contributed by atoms with E-state index in [-0.39, 0.29) is 11.2 Å². The standard InChI is InChI=1S/C6H11NOS/c1-2-5-6(8)7-3-4-9-5/h5H,2-4H2,1H3,(H,7,8). The van der Waals surface area contributed by atoms with Crippen molar-refractivity contribution < 1.29 is 4.79 Å². The van der Waals surface area contributed by atoms with Gasteiger partial charge in [0.25, 0.3) is 0 Å². The molecular weight excluding hydrogens is 134 g/mol. The van der Waals surface area contributed by atoms with Crippen LogP contribution in [0.25, 0.3) is 0 Å². The Morgan fingerprint density at radius 3 is 3.11 bits per heavy atom. The van der Waals surface area contributed by atoms with E-state index in [2.05, 4.69) is 5.32 Å². The third kappa shape index (κ3) is 1.61. The average Bonchev–Trinajstić information content (AvgIpc) is 1.89. The summed E-state index contributed by atoms with van der Waals surface area (Å²) in [4.78, 5) is 10.9. The van der Waals surface area contributed by atoms with Crippen molar-refractivity contribution >= 4 is 17.7 Å². The van der Waals surface area contributed by atoms with E-state index in [1.807, 2.05) is 6.92 Å². The molecule has 0 aromatic rings. The highest BCUT2D eigenvalue weighted by Crippen LogP contribution is 2.16. The van der Waals surface area contributed by atoms with E-state index in [0.29, 0.717) is 0 Å². The van der Waals surface area contributed by atoms with Gasteiger partial charge in [0.05, 0.1) is 5.25 Å². The third-order valence-corrected chi connectivity index (χ3v) is 2.77. The van der Waals surface area contributed by atoms with Crippen LogP contribution in [0.2, 0.25) is 0 Å². The minimum atomic E-state index is 0.216. The maximum absolute atomic E-state index is 10.9. The molecule has 1 fully saturated rings. The largest absolute Gasteiger partial charge is 0.354 e. The number of hydrogen-bond acceptors (Lipinski definition) is 2. The molecule has 1 N–H and O–H groups in total. The van der Waals surface area contributed by atoms with Crippen molar-refractivity contribution in [2.45, 2.75) is 18.6 Å². The molecule has 52 valence electrons. The molecule has 0 bridgehead atoms. The average molecular weight is 145 g/mol. The minimum absolute atomic E-state index is 0.216.